The van der Waals surface area contributed by atoms with E-state index < -0.39 is 11.7 Å². The van der Waals surface area contributed by atoms with Gasteiger partial charge in [0, 0.05) is 15.5 Å². The highest BCUT2D eigenvalue weighted by Gasteiger charge is 2.29. The normalized spacial score (nSPS) is 13.2. The molecule has 1 atom stereocenters. The molecular weight excluding hydrogens is 367 g/mol. The molecule has 0 aliphatic carbocycles. The molecule has 2 N–H and O–H groups in total. The molecule has 0 aliphatic rings. The lowest BCUT2D eigenvalue weighted by atomic mass is 9.99. The predicted octanol–water partition coefficient (Wildman–Crippen LogP) is 5.36. The Morgan fingerprint density at radius 1 is 1.10 bits per heavy atom. The summed E-state index contributed by atoms with van der Waals surface area (Å²) in [5, 5.41) is 0.590. The molecule has 2 aromatic carbocycles. The molecule has 112 valence electrons. The average Bonchev–Trinajstić information content (AvgIpc) is 2.38. The lowest BCUT2D eigenvalue weighted by Gasteiger charge is -2.15. The summed E-state index contributed by atoms with van der Waals surface area (Å²) in [7, 11) is 0. The molecule has 0 amide bonds. The summed E-state index contributed by atoms with van der Waals surface area (Å²) in [6.07, 6.45) is -3.88. The van der Waals surface area contributed by atoms with Crippen LogP contribution in [-0.4, -0.2) is 0 Å². The standard InChI is InChI=1S/C15H12BrClF3N/c16-13-8-11(17)5-6-12(13)14(21)7-9-1-3-10(4-2-9)15(18,19)20/h1-6,8,14H,7,21H2. The molecule has 6 heteroatoms. The lowest BCUT2D eigenvalue weighted by molar-refractivity contribution is -0.137. The molecule has 0 radical (unpaired) electrons. The topological polar surface area (TPSA) is 26.0 Å². The quantitative estimate of drug-likeness (QED) is 0.764. The zero-order chi connectivity index (χ0) is 15.6. The maximum Gasteiger partial charge on any atom is 0.416 e. The van der Waals surface area contributed by atoms with E-state index in [0.29, 0.717) is 11.4 Å². The van der Waals surface area contributed by atoms with Gasteiger partial charge in [0.05, 0.1) is 5.56 Å². The summed E-state index contributed by atoms with van der Waals surface area (Å²) in [4.78, 5) is 0. The number of hydrogen-bond donors (Lipinski definition) is 1. The number of benzene rings is 2. The molecule has 0 saturated heterocycles. The molecule has 2 rings (SSSR count). The Morgan fingerprint density at radius 2 is 1.71 bits per heavy atom. The van der Waals surface area contributed by atoms with Crippen LogP contribution in [0.2, 0.25) is 5.02 Å². The Hall–Kier alpha value is -1.04. The van der Waals surface area contributed by atoms with Gasteiger partial charge in [-0.05, 0) is 41.8 Å². The van der Waals surface area contributed by atoms with Crippen LogP contribution in [-0.2, 0) is 12.6 Å². The smallest absolute Gasteiger partial charge is 0.324 e. The molecule has 0 aromatic heterocycles. The number of nitrogens with two attached hydrogens (primary N) is 1. The number of halogens is 5. The van der Waals surface area contributed by atoms with Crippen molar-refractivity contribution in [3.63, 3.8) is 0 Å². The van der Waals surface area contributed by atoms with Gasteiger partial charge in [0.25, 0.3) is 0 Å². The average molecular weight is 379 g/mol. The van der Waals surface area contributed by atoms with Gasteiger partial charge in [0.15, 0.2) is 0 Å². The molecule has 2 aromatic rings. The summed E-state index contributed by atoms with van der Waals surface area (Å²) in [6, 6.07) is 9.99. The van der Waals surface area contributed by atoms with Gasteiger partial charge in [-0.3, -0.25) is 0 Å². The van der Waals surface area contributed by atoms with Gasteiger partial charge in [-0.2, -0.15) is 13.2 Å². The second kappa shape index (κ2) is 6.38. The van der Waals surface area contributed by atoms with Crippen LogP contribution in [0.3, 0.4) is 0 Å². The van der Waals surface area contributed by atoms with Gasteiger partial charge >= 0.3 is 6.18 Å². The first kappa shape index (κ1) is 16.3. The third kappa shape index (κ3) is 4.22. The van der Waals surface area contributed by atoms with Crippen molar-refractivity contribution in [2.24, 2.45) is 5.73 Å². The molecule has 0 spiro atoms. The molecular formula is C15H12BrClF3N. The van der Waals surface area contributed by atoms with Crippen molar-refractivity contribution >= 4 is 27.5 Å². The molecule has 0 heterocycles. The van der Waals surface area contributed by atoms with Gasteiger partial charge in [-0.15, -0.1) is 0 Å². The molecule has 0 fully saturated rings. The second-order valence-corrected chi connectivity index (χ2v) is 5.96. The lowest BCUT2D eigenvalue weighted by Crippen LogP contribution is -2.14. The summed E-state index contributed by atoms with van der Waals surface area (Å²) in [6.45, 7) is 0. The second-order valence-electron chi connectivity index (χ2n) is 4.67. The van der Waals surface area contributed by atoms with E-state index in [4.69, 9.17) is 17.3 Å². The maximum absolute atomic E-state index is 12.5. The van der Waals surface area contributed by atoms with Crippen LogP contribution in [0.25, 0.3) is 0 Å². The molecule has 1 nitrogen and oxygen atoms in total. The van der Waals surface area contributed by atoms with Crippen LogP contribution >= 0.6 is 27.5 Å². The van der Waals surface area contributed by atoms with Crippen LogP contribution in [0.4, 0.5) is 13.2 Å². The van der Waals surface area contributed by atoms with E-state index in [1.165, 1.54) is 12.1 Å². The molecule has 1 unspecified atom stereocenters. The van der Waals surface area contributed by atoms with Crippen molar-refractivity contribution in [1.29, 1.82) is 0 Å². The third-order valence-corrected chi connectivity index (χ3v) is 4.02. The molecule has 0 aliphatic heterocycles. The van der Waals surface area contributed by atoms with Crippen molar-refractivity contribution in [3.05, 3.63) is 68.7 Å². The SMILES string of the molecule is NC(Cc1ccc(C(F)(F)F)cc1)c1ccc(Cl)cc1Br. The Balaban J connectivity index is 2.14. The van der Waals surface area contributed by atoms with Crippen LogP contribution < -0.4 is 5.73 Å². The Kier molecular flexibility index (Phi) is 4.96. The van der Waals surface area contributed by atoms with E-state index in [1.807, 2.05) is 0 Å². The van der Waals surface area contributed by atoms with Crippen LogP contribution in [0, 0.1) is 0 Å². The van der Waals surface area contributed by atoms with Gasteiger partial charge in [0.1, 0.15) is 0 Å². The van der Waals surface area contributed by atoms with Crippen molar-refractivity contribution in [2.45, 2.75) is 18.6 Å². The first-order chi connectivity index (χ1) is 9.77. The third-order valence-electron chi connectivity index (χ3n) is 3.10. The molecule has 0 saturated carbocycles. The van der Waals surface area contributed by atoms with E-state index in [2.05, 4.69) is 15.9 Å². The first-order valence-corrected chi connectivity index (χ1v) is 7.31. The van der Waals surface area contributed by atoms with Crippen molar-refractivity contribution in [3.8, 4) is 0 Å². The minimum atomic E-state index is -4.32. The number of alkyl halides is 3. The van der Waals surface area contributed by atoms with Crippen LogP contribution in [0.5, 0.6) is 0 Å². The zero-order valence-corrected chi connectivity index (χ0v) is 13.1. The van der Waals surface area contributed by atoms with E-state index >= 15 is 0 Å². The van der Waals surface area contributed by atoms with Gasteiger partial charge in [-0.1, -0.05) is 45.7 Å². The summed E-state index contributed by atoms with van der Waals surface area (Å²) in [5.74, 6) is 0. The van der Waals surface area contributed by atoms with E-state index in [9.17, 15) is 13.2 Å². The fraction of sp³-hybridized carbons (Fsp3) is 0.200. The minimum absolute atomic E-state index is 0.326. The minimum Gasteiger partial charge on any atom is -0.324 e. The van der Waals surface area contributed by atoms with Crippen LogP contribution in [0.1, 0.15) is 22.7 Å². The highest BCUT2D eigenvalue weighted by atomic mass is 79.9. The van der Waals surface area contributed by atoms with E-state index in [1.54, 1.807) is 18.2 Å². The Labute approximate surface area is 134 Å². The number of hydrogen-bond acceptors (Lipinski definition) is 1. The van der Waals surface area contributed by atoms with Gasteiger partial charge in [-0.25, -0.2) is 0 Å². The largest absolute Gasteiger partial charge is 0.416 e. The highest BCUT2D eigenvalue weighted by molar-refractivity contribution is 9.10. The Morgan fingerprint density at radius 3 is 2.24 bits per heavy atom. The maximum atomic E-state index is 12.5. The summed E-state index contributed by atoms with van der Waals surface area (Å²) >= 11 is 9.25. The zero-order valence-electron chi connectivity index (χ0n) is 10.8. The first-order valence-electron chi connectivity index (χ1n) is 6.14. The summed E-state index contributed by atoms with van der Waals surface area (Å²) in [5.41, 5.74) is 7.05. The van der Waals surface area contributed by atoms with Crippen molar-refractivity contribution in [2.75, 3.05) is 0 Å². The fourth-order valence-electron chi connectivity index (χ4n) is 2.00. The van der Waals surface area contributed by atoms with Crippen molar-refractivity contribution < 1.29 is 13.2 Å². The van der Waals surface area contributed by atoms with Crippen molar-refractivity contribution in [1.82, 2.24) is 0 Å². The predicted molar refractivity (Wildman–Crippen MR) is 81.2 cm³/mol. The number of rotatable bonds is 3. The Bertz CT molecular complexity index is 626. The van der Waals surface area contributed by atoms with Crippen LogP contribution in [0.15, 0.2) is 46.9 Å². The fourth-order valence-corrected chi connectivity index (χ4v) is 2.97. The summed E-state index contributed by atoms with van der Waals surface area (Å²) < 4.78 is 38.3. The van der Waals surface area contributed by atoms with Gasteiger partial charge < -0.3 is 5.73 Å². The molecule has 21 heavy (non-hydrogen) atoms. The highest BCUT2D eigenvalue weighted by Crippen LogP contribution is 2.30. The van der Waals surface area contributed by atoms with E-state index in [-0.39, 0.29) is 6.04 Å². The monoisotopic (exact) mass is 377 g/mol. The van der Waals surface area contributed by atoms with E-state index in [0.717, 1.165) is 27.7 Å². The molecule has 0 bridgehead atoms. The van der Waals surface area contributed by atoms with Gasteiger partial charge in [0.2, 0.25) is 0 Å².